The lowest BCUT2D eigenvalue weighted by Crippen LogP contribution is -2.20. The third-order valence-corrected chi connectivity index (χ3v) is 4.46. The van der Waals surface area contributed by atoms with E-state index in [2.05, 4.69) is 5.32 Å². The van der Waals surface area contributed by atoms with Crippen LogP contribution in [-0.4, -0.2) is 24.2 Å². The maximum Gasteiger partial charge on any atom is 0.255 e. The van der Waals surface area contributed by atoms with E-state index < -0.39 is 5.91 Å². The monoisotopic (exact) mass is 364 g/mol. The highest BCUT2D eigenvalue weighted by atomic mass is 35.5. The van der Waals surface area contributed by atoms with Gasteiger partial charge in [0, 0.05) is 22.8 Å². The summed E-state index contributed by atoms with van der Waals surface area (Å²) >= 11 is 7.61. The van der Waals surface area contributed by atoms with Crippen molar-refractivity contribution in [1.29, 1.82) is 0 Å². The molecule has 2 aromatic rings. The van der Waals surface area contributed by atoms with Crippen LogP contribution in [0.25, 0.3) is 0 Å². The Morgan fingerprint density at radius 1 is 1.12 bits per heavy atom. The molecule has 126 valence electrons. The zero-order valence-corrected chi connectivity index (χ0v) is 14.4. The zero-order chi connectivity index (χ0) is 17.4. The van der Waals surface area contributed by atoms with Crippen LogP contribution < -0.4 is 15.8 Å². The highest BCUT2D eigenvalue weighted by Gasteiger charge is 2.05. The Bertz CT molecular complexity index is 707. The molecule has 2 rings (SSSR count). The van der Waals surface area contributed by atoms with Gasteiger partial charge in [0.15, 0.2) is 6.61 Å². The normalized spacial score (nSPS) is 10.2. The number of thioether (sulfide) groups is 1. The van der Waals surface area contributed by atoms with Gasteiger partial charge >= 0.3 is 0 Å². The number of nitrogens with two attached hydrogens (primary N) is 1. The maximum absolute atomic E-state index is 11.9. The van der Waals surface area contributed by atoms with Crippen molar-refractivity contribution < 1.29 is 14.3 Å². The zero-order valence-electron chi connectivity index (χ0n) is 12.8. The predicted octanol–water partition coefficient (Wildman–Crippen LogP) is 3.33. The Morgan fingerprint density at radius 2 is 1.83 bits per heavy atom. The minimum Gasteiger partial charge on any atom is -0.484 e. The number of amides is 2. The van der Waals surface area contributed by atoms with Crippen LogP contribution in [0.2, 0.25) is 5.02 Å². The lowest BCUT2D eigenvalue weighted by Gasteiger charge is -2.08. The summed E-state index contributed by atoms with van der Waals surface area (Å²) < 4.78 is 5.15. The Kier molecular flexibility index (Phi) is 6.96. The molecule has 2 aromatic carbocycles. The van der Waals surface area contributed by atoms with Gasteiger partial charge in [-0.2, -0.15) is 0 Å². The topological polar surface area (TPSA) is 81.4 Å². The van der Waals surface area contributed by atoms with Gasteiger partial charge < -0.3 is 15.8 Å². The molecule has 0 saturated heterocycles. The van der Waals surface area contributed by atoms with Gasteiger partial charge in [0.2, 0.25) is 5.91 Å². The van der Waals surface area contributed by atoms with E-state index in [1.807, 2.05) is 24.3 Å². The molecule has 0 heterocycles. The molecule has 0 radical (unpaired) electrons. The first-order chi connectivity index (χ1) is 11.5. The van der Waals surface area contributed by atoms with Gasteiger partial charge in [-0.25, -0.2) is 0 Å². The van der Waals surface area contributed by atoms with E-state index >= 15 is 0 Å². The summed E-state index contributed by atoms with van der Waals surface area (Å²) in [5, 5.41) is 3.49. The Labute approximate surface area is 149 Å². The first-order valence-corrected chi connectivity index (χ1v) is 8.59. The van der Waals surface area contributed by atoms with Gasteiger partial charge in [0.05, 0.1) is 5.02 Å². The van der Waals surface area contributed by atoms with Crippen molar-refractivity contribution in [2.24, 2.45) is 5.73 Å². The quantitative estimate of drug-likeness (QED) is 0.704. The van der Waals surface area contributed by atoms with Gasteiger partial charge in [-0.05, 0) is 36.4 Å². The molecule has 0 saturated carbocycles. The van der Waals surface area contributed by atoms with Crippen LogP contribution >= 0.6 is 23.4 Å². The van der Waals surface area contributed by atoms with Crippen LogP contribution in [0.5, 0.6) is 5.75 Å². The first kappa shape index (κ1) is 18.2. The number of hydrogen-bond acceptors (Lipinski definition) is 4. The van der Waals surface area contributed by atoms with Crippen LogP contribution in [0.15, 0.2) is 53.4 Å². The number of nitrogens with one attached hydrogen (secondary N) is 1. The van der Waals surface area contributed by atoms with Crippen LogP contribution in [0.4, 0.5) is 5.69 Å². The SMILES string of the molecule is NC(=O)COc1ccc(NC(=O)CCSc2ccccc2Cl)cc1. The van der Waals surface area contributed by atoms with Crippen molar-refractivity contribution in [3.05, 3.63) is 53.6 Å². The number of primary amides is 1. The van der Waals surface area contributed by atoms with Crippen LogP contribution in [0.3, 0.4) is 0 Å². The average molecular weight is 365 g/mol. The van der Waals surface area contributed by atoms with Gasteiger partial charge in [0.1, 0.15) is 5.75 Å². The van der Waals surface area contributed by atoms with Gasteiger partial charge in [0.25, 0.3) is 5.91 Å². The van der Waals surface area contributed by atoms with Crippen molar-refractivity contribution >= 4 is 40.9 Å². The summed E-state index contributed by atoms with van der Waals surface area (Å²) in [6, 6.07) is 14.3. The van der Waals surface area contributed by atoms with Crippen LogP contribution in [0.1, 0.15) is 6.42 Å². The number of carbonyl (C=O) groups excluding carboxylic acids is 2. The lowest BCUT2D eigenvalue weighted by molar-refractivity contribution is -0.120. The second kappa shape index (κ2) is 9.20. The predicted molar refractivity (Wildman–Crippen MR) is 96.6 cm³/mol. The van der Waals surface area contributed by atoms with Crippen molar-refractivity contribution in [3.63, 3.8) is 0 Å². The minimum atomic E-state index is -0.539. The smallest absolute Gasteiger partial charge is 0.255 e. The summed E-state index contributed by atoms with van der Waals surface area (Å²) in [5.74, 6) is 0.528. The fraction of sp³-hybridized carbons (Fsp3) is 0.176. The van der Waals surface area contributed by atoms with Crippen molar-refractivity contribution in [3.8, 4) is 5.75 Å². The van der Waals surface area contributed by atoms with E-state index in [1.54, 1.807) is 36.0 Å². The Balaban J connectivity index is 1.76. The van der Waals surface area contributed by atoms with Crippen LogP contribution in [-0.2, 0) is 9.59 Å². The van der Waals surface area contributed by atoms with Gasteiger partial charge in [-0.1, -0.05) is 23.7 Å². The molecule has 0 atom stereocenters. The Morgan fingerprint density at radius 3 is 2.50 bits per heavy atom. The third-order valence-electron chi connectivity index (χ3n) is 2.94. The summed E-state index contributed by atoms with van der Waals surface area (Å²) in [6.45, 7) is -0.176. The highest BCUT2D eigenvalue weighted by Crippen LogP contribution is 2.27. The number of benzene rings is 2. The number of rotatable bonds is 8. The molecule has 0 aliphatic heterocycles. The Hall–Kier alpha value is -2.18. The minimum absolute atomic E-state index is 0.0830. The number of halogens is 1. The van der Waals surface area contributed by atoms with Crippen LogP contribution in [0, 0.1) is 0 Å². The lowest BCUT2D eigenvalue weighted by atomic mass is 10.3. The fourth-order valence-corrected chi connectivity index (χ4v) is 3.02. The molecule has 0 aliphatic rings. The van der Waals surface area contributed by atoms with E-state index in [0.717, 1.165) is 4.90 Å². The molecule has 5 nitrogen and oxygen atoms in total. The molecule has 0 aliphatic carbocycles. The molecule has 0 aromatic heterocycles. The average Bonchev–Trinajstić information content (AvgIpc) is 2.56. The molecule has 0 fully saturated rings. The summed E-state index contributed by atoms with van der Waals surface area (Å²) in [5.41, 5.74) is 5.66. The van der Waals surface area contributed by atoms with E-state index in [1.165, 1.54) is 0 Å². The fourth-order valence-electron chi connectivity index (χ4n) is 1.83. The molecule has 0 bridgehead atoms. The number of anilines is 1. The molecule has 3 N–H and O–H groups in total. The van der Waals surface area contributed by atoms with E-state index in [0.29, 0.717) is 28.6 Å². The summed E-state index contributed by atoms with van der Waals surface area (Å²) in [4.78, 5) is 23.5. The second-order valence-corrected chi connectivity index (χ2v) is 6.40. The number of carbonyl (C=O) groups is 2. The molecule has 0 unspecified atom stereocenters. The van der Waals surface area contributed by atoms with Gasteiger partial charge in [-0.3, -0.25) is 9.59 Å². The molecule has 7 heteroatoms. The molecule has 0 spiro atoms. The largest absolute Gasteiger partial charge is 0.484 e. The van der Waals surface area contributed by atoms with Crippen molar-refractivity contribution in [2.75, 3.05) is 17.7 Å². The molecular weight excluding hydrogens is 348 g/mol. The first-order valence-electron chi connectivity index (χ1n) is 7.23. The van der Waals surface area contributed by atoms with E-state index in [-0.39, 0.29) is 12.5 Å². The second-order valence-electron chi connectivity index (χ2n) is 4.86. The molecule has 2 amide bonds. The van der Waals surface area contributed by atoms with E-state index in [9.17, 15) is 9.59 Å². The maximum atomic E-state index is 11.9. The third kappa shape index (κ3) is 6.14. The molecule has 24 heavy (non-hydrogen) atoms. The number of ether oxygens (including phenoxy) is 1. The summed E-state index contributed by atoms with van der Waals surface area (Å²) in [6.07, 6.45) is 0.371. The highest BCUT2D eigenvalue weighted by molar-refractivity contribution is 7.99. The summed E-state index contributed by atoms with van der Waals surface area (Å²) in [7, 11) is 0. The molecular formula is C17H17ClN2O3S. The van der Waals surface area contributed by atoms with Crippen molar-refractivity contribution in [1.82, 2.24) is 0 Å². The van der Waals surface area contributed by atoms with Gasteiger partial charge in [-0.15, -0.1) is 11.8 Å². The standard InChI is InChI=1S/C17H17ClN2O3S/c18-14-3-1-2-4-15(14)24-10-9-17(22)20-12-5-7-13(8-6-12)23-11-16(19)21/h1-8H,9-11H2,(H2,19,21)(H,20,22). The number of hydrogen-bond donors (Lipinski definition) is 2. The van der Waals surface area contributed by atoms with Crippen molar-refractivity contribution in [2.45, 2.75) is 11.3 Å². The van der Waals surface area contributed by atoms with E-state index in [4.69, 9.17) is 22.1 Å².